The standard InChI is InChI=1S/C21H27N7S.C6H4ClF/c1-29-20-19(24)16(11-22)12-25-21(20)27-14-26-18-4-2-3-15(5-6-18)13-28-9-7-17(23)8-10-28;7-5-3-1-2-4-6(5)8/h2,4-6,12,14,17H,3,7-10,13,23H2,1H3,(H3,24,25,26,27);1-4H. The molecular formula is C27H31ClFN7S. The number of hydrogen-bond acceptors (Lipinski definition) is 7. The largest absolute Gasteiger partial charge is 0.397 e. The van der Waals surface area contributed by atoms with Gasteiger partial charge in [-0.25, -0.2) is 14.4 Å². The third kappa shape index (κ3) is 8.72. The number of nitrogens with zero attached hydrogens (tertiary/aromatic N) is 4. The Balaban J connectivity index is 0.000000405. The quantitative estimate of drug-likeness (QED) is 0.263. The number of nitrogens with two attached hydrogens (primary N) is 2. The number of nitrogens with one attached hydrogen (secondary N) is 1. The Morgan fingerprint density at radius 3 is 2.73 bits per heavy atom. The first-order valence-electron chi connectivity index (χ1n) is 11.9. The molecule has 2 aromatic rings. The Labute approximate surface area is 226 Å². The van der Waals surface area contributed by atoms with Crippen molar-refractivity contribution in [1.82, 2.24) is 15.2 Å². The van der Waals surface area contributed by atoms with E-state index in [1.807, 2.05) is 12.3 Å². The predicted molar refractivity (Wildman–Crippen MR) is 151 cm³/mol. The maximum absolute atomic E-state index is 12.2. The summed E-state index contributed by atoms with van der Waals surface area (Å²) in [6.07, 6.45) is 16.5. The minimum absolute atomic E-state index is 0.174. The first-order valence-corrected chi connectivity index (χ1v) is 13.5. The van der Waals surface area contributed by atoms with Crippen molar-refractivity contribution in [3.63, 3.8) is 0 Å². The van der Waals surface area contributed by atoms with Gasteiger partial charge in [0, 0.05) is 24.5 Å². The van der Waals surface area contributed by atoms with Crippen molar-refractivity contribution in [2.24, 2.45) is 10.7 Å². The van der Waals surface area contributed by atoms with E-state index in [-0.39, 0.29) is 10.8 Å². The van der Waals surface area contributed by atoms with E-state index in [1.165, 1.54) is 35.7 Å². The lowest BCUT2D eigenvalue weighted by Gasteiger charge is -2.30. The summed E-state index contributed by atoms with van der Waals surface area (Å²) < 4.78 is 12.2. The second kappa shape index (κ2) is 14.5. The summed E-state index contributed by atoms with van der Waals surface area (Å²) in [5.41, 5.74) is 15.1. The molecule has 0 amide bonds. The second-order valence-electron chi connectivity index (χ2n) is 8.54. The van der Waals surface area contributed by atoms with Crippen molar-refractivity contribution in [3.8, 4) is 6.07 Å². The number of nitriles is 1. The van der Waals surface area contributed by atoms with Gasteiger partial charge in [-0.2, -0.15) is 5.26 Å². The highest BCUT2D eigenvalue weighted by atomic mass is 35.5. The Morgan fingerprint density at radius 2 is 2.08 bits per heavy atom. The van der Waals surface area contributed by atoms with Gasteiger partial charge in [0.05, 0.1) is 27.5 Å². The van der Waals surface area contributed by atoms with Crippen LogP contribution in [0.4, 0.5) is 15.9 Å². The van der Waals surface area contributed by atoms with E-state index >= 15 is 0 Å². The Bertz CT molecular complexity index is 1210. The molecule has 4 rings (SSSR count). The first kappa shape index (κ1) is 28.4. The molecule has 0 bridgehead atoms. The van der Waals surface area contributed by atoms with Crippen LogP contribution in [0.15, 0.2) is 75.9 Å². The van der Waals surface area contributed by atoms with Crippen LogP contribution in [0.2, 0.25) is 5.02 Å². The number of anilines is 1. The number of aromatic nitrogens is 1. The van der Waals surface area contributed by atoms with Gasteiger partial charge in [-0.1, -0.05) is 41.5 Å². The topological polar surface area (TPSA) is 116 Å². The zero-order valence-corrected chi connectivity index (χ0v) is 22.3. The monoisotopic (exact) mass is 539 g/mol. The summed E-state index contributed by atoms with van der Waals surface area (Å²) in [7, 11) is 0. The fourth-order valence-electron chi connectivity index (χ4n) is 3.77. The molecule has 0 saturated carbocycles. The fraction of sp³-hybridized carbons (Fsp3) is 0.296. The summed E-state index contributed by atoms with van der Waals surface area (Å²) >= 11 is 6.76. The van der Waals surface area contributed by atoms with Gasteiger partial charge in [-0.05, 0) is 62.9 Å². The predicted octanol–water partition coefficient (Wildman–Crippen LogP) is 5.18. The molecule has 0 spiro atoms. The second-order valence-corrected chi connectivity index (χ2v) is 9.76. The van der Waals surface area contributed by atoms with E-state index < -0.39 is 0 Å². The van der Waals surface area contributed by atoms with Crippen LogP contribution >= 0.6 is 23.4 Å². The van der Waals surface area contributed by atoms with Crippen molar-refractivity contribution in [3.05, 3.63) is 82.4 Å². The van der Waals surface area contributed by atoms with Crippen LogP contribution in [-0.4, -0.2) is 48.2 Å². The molecule has 194 valence electrons. The number of nitrogen functional groups attached to an aromatic ring is 1. The van der Waals surface area contributed by atoms with Crippen LogP contribution in [0.3, 0.4) is 0 Å². The maximum atomic E-state index is 12.2. The highest BCUT2D eigenvalue weighted by molar-refractivity contribution is 7.99. The van der Waals surface area contributed by atoms with Crippen LogP contribution in [0, 0.1) is 17.1 Å². The fourth-order valence-corrected chi connectivity index (χ4v) is 4.52. The molecule has 2 aliphatic rings. The minimum atomic E-state index is -0.367. The van der Waals surface area contributed by atoms with Crippen LogP contribution < -0.4 is 16.8 Å². The summed E-state index contributed by atoms with van der Waals surface area (Å²) in [5, 5.41) is 12.4. The number of hydrogen-bond donors (Lipinski definition) is 3. The number of pyridine rings is 1. The third-order valence-corrected chi connectivity index (χ3v) is 6.97. The average molecular weight is 540 g/mol. The zero-order chi connectivity index (χ0) is 26.6. The van der Waals surface area contributed by atoms with Gasteiger partial charge >= 0.3 is 0 Å². The molecule has 37 heavy (non-hydrogen) atoms. The SMILES string of the molecule is CSc1c(N=CNC2=CC=C(CN3CCC(N)CC3)CC=C2)ncc(C#N)c1N.Fc1ccccc1Cl. The van der Waals surface area contributed by atoms with E-state index in [1.54, 1.807) is 18.5 Å². The molecule has 5 N–H and O–H groups in total. The highest BCUT2D eigenvalue weighted by Gasteiger charge is 2.16. The lowest BCUT2D eigenvalue weighted by molar-refractivity contribution is 0.228. The number of rotatable bonds is 6. The van der Waals surface area contributed by atoms with Gasteiger partial charge in [0.15, 0.2) is 5.82 Å². The highest BCUT2D eigenvalue weighted by Crippen LogP contribution is 2.33. The maximum Gasteiger partial charge on any atom is 0.169 e. The number of aliphatic imine (C=N–C) groups is 1. The zero-order valence-electron chi connectivity index (χ0n) is 20.7. The number of thioether (sulfide) groups is 1. The van der Waals surface area contributed by atoms with Gasteiger partial charge in [0.25, 0.3) is 0 Å². The number of halogens is 2. The lowest BCUT2D eigenvalue weighted by atomic mass is 10.0. The first-order chi connectivity index (χ1) is 17.9. The summed E-state index contributed by atoms with van der Waals surface area (Å²) in [6, 6.07) is 8.52. The van der Waals surface area contributed by atoms with Crippen LogP contribution in [0.1, 0.15) is 24.8 Å². The Hall–Kier alpha value is -3.16. The summed E-state index contributed by atoms with van der Waals surface area (Å²) in [6.45, 7) is 3.13. The molecular weight excluding hydrogens is 509 g/mol. The van der Waals surface area contributed by atoms with E-state index in [4.69, 9.17) is 28.3 Å². The number of benzene rings is 1. The molecule has 0 unspecified atom stereocenters. The van der Waals surface area contributed by atoms with Crippen molar-refractivity contribution in [2.45, 2.75) is 30.2 Å². The molecule has 1 aromatic carbocycles. The van der Waals surface area contributed by atoms with E-state index in [0.29, 0.717) is 28.0 Å². The Morgan fingerprint density at radius 1 is 1.32 bits per heavy atom. The molecule has 1 aromatic heterocycles. The van der Waals surface area contributed by atoms with E-state index in [9.17, 15) is 4.39 Å². The van der Waals surface area contributed by atoms with Gasteiger partial charge in [0.1, 0.15) is 11.9 Å². The number of allylic oxidation sites excluding steroid dienone is 4. The van der Waals surface area contributed by atoms with Gasteiger partial charge < -0.3 is 16.8 Å². The van der Waals surface area contributed by atoms with Crippen LogP contribution in [0.25, 0.3) is 0 Å². The molecule has 1 aliphatic heterocycles. The molecule has 1 fully saturated rings. The van der Waals surface area contributed by atoms with Crippen molar-refractivity contribution in [2.75, 3.05) is 31.6 Å². The molecule has 0 atom stereocenters. The molecule has 2 heterocycles. The van der Waals surface area contributed by atoms with Crippen molar-refractivity contribution < 1.29 is 4.39 Å². The third-order valence-electron chi connectivity index (χ3n) is 5.86. The van der Waals surface area contributed by atoms with Gasteiger partial charge in [-0.15, -0.1) is 11.8 Å². The molecule has 10 heteroatoms. The molecule has 7 nitrogen and oxygen atoms in total. The Kier molecular flexibility index (Phi) is 11.2. The number of likely N-dealkylation sites (tertiary alicyclic amines) is 1. The molecule has 0 radical (unpaired) electrons. The van der Waals surface area contributed by atoms with Crippen molar-refractivity contribution in [1.29, 1.82) is 5.26 Å². The normalized spacial score (nSPS) is 16.3. The van der Waals surface area contributed by atoms with Crippen LogP contribution in [0.5, 0.6) is 0 Å². The van der Waals surface area contributed by atoms with Gasteiger partial charge in [-0.3, -0.25) is 4.90 Å². The van der Waals surface area contributed by atoms with Crippen molar-refractivity contribution >= 4 is 41.2 Å². The lowest BCUT2D eigenvalue weighted by Crippen LogP contribution is -2.40. The summed E-state index contributed by atoms with van der Waals surface area (Å²) in [4.78, 5) is 11.8. The molecule has 1 aliphatic carbocycles. The molecule has 1 saturated heterocycles. The smallest absolute Gasteiger partial charge is 0.169 e. The van der Waals surface area contributed by atoms with Gasteiger partial charge in [0.2, 0.25) is 0 Å². The summed E-state index contributed by atoms with van der Waals surface area (Å²) in [5.74, 6) is 0.133. The van der Waals surface area contributed by atoms with Crippen LogP contribution in [-0.2, 0) is 0 Å². The van der Waals surface area contributed by atoms with E-state index in [2.05, 4.69) is 44.5 Å². The average Bonchev–Trinajstić information content (AvgIpc) is 3.13. The van der Waals surface area contributed by atoms with E-state index in [0.717, 1.165) is 44.6 Å². The minimum Gasteiger partial charge on any atom is -0.397 e. The number of piperidine rings is 1.